The molecule has 166 valence electrons. The van der Waals surface area contributed by atoms with Crippen LogP contribution in [0.15, 0.2) is 18.2 Å². The maximum absolute atomic E-state index is 12.7. The molecule has 30 heavy (non-hydrogen) atoms. The van der Waals surface area contributed by atoms with Crippen LogP contribution in [0.5, 0.6) is 5.75 Å². The molecule has 0 spiro atoms. The van der Waals surface area contributed by atoms with Gasteiger partial charge < -0.3 is 14.8 Å². The Morgan fingerprint density at radius 2 is 2.03 bits per heavy atom. The lowest BCUT2D eigenvalue weighted by molar-refractivity contribution is -0.122. The van der Waals surface area contributed by atoms with Crippen LogP contribution in [0.4, 0.5) is 0 Å². The van der Waals surface area contributed by atoms with E-state index in [1.807, 2.05) is 18.2 Å². The molecule has 0 radical (unpaired) electrons. The summed E-state index contributed by atoms with van der Waals surface area (Å²) >= 11 is 6.17. The molecule has 2 fully saturated rings. The largest absolute Gasteiger partial charge is 0.489 e. The number of halogens is 1. The fourth-order valence-electron chi connectivity index (χ4n) is 5.17. The van der Waals surface area contributed by atoms with Crippen molar-refractivity contribution < 1.29 is 14.3 Å². The Labute approximate surface area is 184 Å². The van der Waals surface area contributed by atoms with Crippen molar-refractivity contribution in [1.29, 1.82) is 0 Å². The summed E-state index contributed by atoms with van der Waals surface area (Å²) in [7, 11) is 0. The van der Waals surface area contributed by atoms with Gasteiger partial charge in [-0.1, -0.05) is 24.4 Å². The van der Waals surface area contributed by atoms with E-state index in [2.05, 4.69) is 22.0 Å². The second-order valence-corrected chi connectivity index (χ2v) is 9.41. The zero-order chi connectivity index (χ0) is 21.0. The number of ether oxygens (including phenoxy) is 2. The van der Waals surface area contributed by atoms with E-state index in [1.54, 1.807) is 0 Å². The quantitative estimate of drug-likeness (QED) is 0.744. The molecule has 1 aromatic rings. The minimum absolute atomic E-state index is 0.0820. The molecule has 6 nitrogen and oxygen atoms in total. The third-order valence-electron chi connectivity index (χ3n) is 6.75. The number of amides is 1. The highest BCUT2D eigenvalue weighted by atomic mass is 35.5. The fraction of sp³-hybridized carbons (Fsp3) is 0.696. The zero-order valence-corrected chi connectivity index (χ0v) is 18.8. The number of rotatable bonds is 6. The number of hydrogen-bond donors (Lipinski definition) is 1. The molecule has 0 unspecified atom stereocenters. The van der Waals surface area contributed by atoms with E-state index in [-0.39, 0.29) is 17.6 Å². The summed E-state index contributed by atoms with van der Waals surface area (Å²) in [5, 5.41) is 3.97. The molecule has 1 atom stereocenters. The van der Waals surface area contributed by atoms with Gasteiger partial charge in [0.15, 0.2) is 0 Å². The van der Waals surface area contributed by atoms with Gasteiger partial charge in [0.25, 0.3) is 0 Å². The average Bonchev–Trinajstić information content (AvgIpc) is 3.17. The minimum atomic E-state index is 0.0820. The van der Waals surface area contributed by atoms with Gasteiger partial charge in [0.1, 0.15) is 11.9 Å². The van der Waals surface area contributed by atoms with Crippen LogP contribution in [0.2, 0.25) is 5.02 Å². The van der Waals surface area contributed by atoms with Crippen LogP contribution in [0.1, 0.15) is 44.6 Å². The van der Waals surface area contributed by atoms with Crippen molar-refractivity contribution >= 4 is 17.5 Å². The first-order valence-corrected chi connectivity index (χ1v) is 11.7. The Bertz CT molecular complexity index is 732. The number of morpholine rings is 1. The Balaban J connectivity index is 1.30. The monoisotopic (exact) mass is 435 g/mol. The third-order valence-corrected chi connectivity index (χ3v) is 6.98. The summed E-state index contributed by atoms with van der Waals surface area (Å²) in [5.41, 5.74) is 1.21. The van der Waals surface area contributed by atoms with Gasteiger partial charge >= 0.3 is 0 Å². The van der Waals surface area contributed by atoms with Crippen LogP contribution in [-0.2, 0) is 16.1 Å². The fourth-order valence-corrected chi connectivity index (χ4v) is 5.36. The van der Waals surface area contributed by atoms with E-state index in [0.717, 1.165) is 68.8 Å². The molecule has 7 heteroatoms. The molecular formula is C23H34ClN3O3. The molecule has 3 aliphatic rings. The van der Waals surface area contributed by atoms with Gasteiger partial charge in [0.05, 0.1) is 13.2 Å². The molecule has 1 N–H and O–H groups in total. The van der Waals surface area contributed by atoms with Gasteiger partial charge in [-0.05, 0) is 38.0 Å². The molecular weight excluding hydrogens is 402 g/mol. The van der Waals surface area contributed by atoms with Crippen LogP contribution in [0.25, 0.3) is 0 Å². The molecule has 2 heterocycles. The molecule has 2 aliphatic heterocycles. The number of nitrogens with zero attached hydrogens (tertiary/aromatic N) is 2. The normalized spacial score (nSPS) is 24.7. The molecule has 1 aromatic carbocycles. The van der Waals surface area contributed by atoms with Gasteiger partial charge in [0, 0.05) is 61.8 Å². The first-order chi connectivity index (χ1) is 14.5. The maximum atomic E-state index is 12.7. The summed E-state index contributed by atoms with van der Waals surface area (Å²) < 4.78 is 11.6. The number of benzene rings is 1. The second kappa shape index (κ2) is 9.86. The van der Waals surface area contributed by atoms with Crippen molar-refractivity contribution in [2.24, 2.45) is 0 Å². The summed E-state index contributed by atoms with van der Waals surface area (Å²) in [5.74, 6) is 1.03. The molecule has 1 saturated heterocycles. The number of fused-ring (bicyclic) bond motifs is 1. The van der Waals surface area contributed by atoms with Crippen LogP contribution in [0.3, 0.4) is 0 Å². The van der Waals surface area contributed by atoms with Crippen LogP contribution >= 0.6 is 11.6 Å². The van der Waals surface area contributed by atoms with Crippen LogP contribution in [-0.4, -0.2) is 73.3 Å². The van der Waals surface area contributed by atoms with Crippen molar-refractivity contribution in [2.75, 3.05) is 45.9 Å². The van der Waals surface area contributed by atoms with E-state index < -0.39 is 0 Å². The number of nitrogens with one attached hydrogen (secondary N) is 1. The van der Waals surface area contributed by atoms with E-state index in [4.69, 9.17) is 21.1 Å². The lowest BCUT2D eigenvalue weighted by Crippen LogP contribution is -2.57. The minimum Gasteiger partial charge on any atom is -0.489 e. The number of carbonyl (C=O) groups is 1. The van der Waals surface area contributed by atoms with Crippen LogP contribution < -0.4 is 10.1 Å². The SMILES string of the molecule is C[C@@H]1CN(CCC(=O)NCC2(N3CCOCC3)CCCC2)Cc2cc(Cl)ccc2O1. The van der Waals surface area contributed by atoms with Gasteiger partial charge in [-0.2, -0.15) is 0 Å². The zero-order valence-electron chi connectivity index (χ0n) is 18.0. The highest BCUT2D eigenvalue weighted by Gasteiger charge is 2.40. The molecule has 0 bridgehead atoms. The highest BCUT2D eigenvalue weighted by molar-refractivity contribution is 6.30. The highest BCUT2D eigenvalue weighted by Crippen LogP contribution is 2.35. The summed E-state index contributed by atoms with van der Waals surface area (Å²) in [4.78, 5) is 17.5. The molecule has 1 amide bonds. The number of carbonyl (C=O) groups excluding carboxylic acids is 1. The smallest absolute Gasteiger partial charge is 0.221 e. The van der Waals surface area contributed by atoms with Gasteiger partial charge in [-0.25, -0.2) is 0 Å². The van der Waals surface area contributed by atoms with Gasteiger partial charge in [-0.15, -0.1) is 0 Å². The van der Waals surface area contributed by atoms with Crippen LogP contribution in [0, 0.1) is 0 Å². The van der Waals surface area contributed by atoms with Gasteiger partial charge in [-0.3, -0.25) is 14.6 Å². The Hall–Kier alpha value is -1.34. The van der Waals surface area contributed by atoms with Crippen molar-refractivity contribution in [3.8, 4) is 5.75 Å². The molecule has 0 aromatic heterocycles. The summed E-state index contributed by atoms with van der Waals surface area (Å²) in [6.45, 7) is 8.66. The lowest BCUT2D eigenvalue weighted by atomic mass is 9.94. The molecule has 4 rings (SSSR count). The topological polar surface area (TPSA) is 54.0 Å². The number of hydrogen-bond acceptors (Lipinski definition) is 5. The Morgan fingerprint density at radius 3 is 2.80 bits per heavy atom. The first-order valence-electron chi connectivity index (χ1n) is 11.3. The first kappa shape index (κ1) is 21.9. The molecule has 1 aliphatic carbocycles. The van der Waals surface area contributed by atoms with E-state index in [1.165, 1.54) is 25.7 Å². The Morgan fingerprint density at radius 1 is 1.27 bits per heavy atom. The predicted octanol–water partition coefficient (Wildman–Crippen LogP) is 3.07. The van der Waals surface area contributed by atoms with Gasteiger partial charge in [0.2, 0.25) is 5.91 Å². The molecule has 1 saturated carbocycles. The van der Waals surface area contributed by atoms with Crippen molar-refractivity contribution in [2.45, 2.75) is 57.2 Å². The third kappa shape index (κ3) is 5.28. The summed E-state index contributed by atoms with van der Waals surface area (Å²) in [6, 6.07) is 5.77. The summed E-state index contributed by atoms with van der Waals surface area (Å²) in [6.07, 6.45) is 5.43. The van der Waals surface area contributed by atoms with Crippen molar-refractivity contribution in [1.82, 2.24) is 15.1 Å². The Kier molecular flexibility index (Phi) is 7.19. The standard InChI is InChI=1S/C23H34ClN3O3/c1-18-15-26(16-19-14-20(24)4-5-21(19)30-18)9-6-22(28)25-17-23(7-2-3-8-23)27-10-12-29-13-11-27/h4-5,14,18H,2-3,6-13,15-17H2,1H3,(H,25,28)/t18-/m1/s1. The average molecular weight is 436 g/mol. The lowest BCUT2D eigenvalue weighted by Gasteiger charge is -2.43. The van der Waals surface area contributed by atoms with E-state index in [0.29, 0.717) is 6.42 Å². The van der Waals surface area contributed by atoms with Crippen molar-refractivity contribution in [3.05, 3.63) is 28.8 Å². The maximum Gasteiger partial charge on any atom is 0.221 e. The van der Waals surface area contributed by atoms with E-state index >= 15 is 0 Å². The van der Waals surface area contributed by atoms with Crippen molar-refractivity contribution in [3.63, 3.8) is 0 Å². The van der Waals surface area contributed by atoms with E-state index in [9.17, 15) is 4.79 Å². The predicted molar refractivity (Wildman–Crippen MR) is 118 cm³/mol. The second-order valence-electron chi connectivity index (χ2n) is 8.97.